The van der Waals surface area contributed by atoms with E-state index < -0.39 is 0 Å². The Morgan fingerprint density at radius 2 is 1.50 bits per heavy atom. The van der Waals surface area contributed by atoms with Crippen molar-refractivity contribution >= 4 is 5.78 Å². The third-order valence-corrected chi connectivity index (χ3v) is 4.43. The molecule has 0 N–H and O–H groups in total. The number of benzene rings is 2. The van der Waals surface area contributed by atoms with Crippen LogP contribution in [0.2, 0.25) is 0 Å². The monoisotopic (exact) mass is 318 g/mol. The number of hydrogen-bond acceptors (Lipinski definition) is 2. The summed E-state index contributed by atoms with van der Waals surface area (Å²) in [6.07, 6.45) is 1.75. The second-order valence-corrected chi connectivity index (χ2v) is 6.15. The van der Waals surface area contributed by atoms with E-state index in [9.17, 15) is 4.79 Å². The zero-order valence-corrected chi connectivity index (χ0v) is 14.2. The van der Waals surface area contributed by atoms with Gasteiger partial charge in [-0.05, 0) is 37.5 Å². The van der Waals surface area contributed by atoms with Crippen molar-refractivity contribution in [1.82, 2.24) is 0 Å². The molecule has 0 aliphatic heterocycles. The van der Waals surface area contributed by atoms with Crippen LogP contribution in [0.4, 0.5) is 0 Å². The first-order chi connectivity index (χ1) is 11.6. The standard InChI is InChI=1S/C22H22O2/c1-16(23)22-15-20(24-17(22)2)13-14-21(18-9-5-3-6-10-18)19-11-7-4-8-12-19/h3-12,15,21H,13-14H2,1-2H3. The Labute approximate surface area is 143 Å². The molecule has 24 heavy (non-hydrogen) atoms. The predicted octanol–water partition coefficient (Wildman–Crippen LogP) is 5.56. The smallest absolute Gasteiger partial charge is 0.163 e. The molecule has 0 radical (unpaired) electrons. The highest BCUT2D eigenvalue weighted by atomic mass is 16.3. The van der Waals surface area contributed by atoms with Crippen molar-refractivity contribution in [2.75, 3.05) is 0 Å². The summed E-state index contributed by atoms with van der Waals surface area (Å²) in [7, 11) is 0. The molecule has 0 bridgehead atoms. The van der Waals surface area contributed by atoms with Gasteiger partial charge in [0.05, 0.1) is 5.56 Å². The first-order valence-electron chi connectivity index (χ1n) is 8.35. The highest BCUT2D eigenvalue weighted by molar-refractivity contribution is 5.95. The molecular formula is C22H22O2. The molecule has 0 fully saturated rings. The van der Waals surface area contributed by atoms with Crippen molar-refractivity contribution in [3.05, 3.63) is 94.9 Å². The van der Waals surface area contributed by atoms with Crippen LogP contribution in [-0.4, -0.2) is 5.78 Å². The fourth-order valence-corrected chi connectivity index (χ4v) is 3.20. The van der Waals surface area contributed by atoms with Gasteiger partial charge in [0.15, 0.2) is 5.78 Å². The maximum absolute atomic E-state index is 11.6. The summed E-state index contributed by atoms with van der Waals surface area (Å²) in [6.45, 7) is 3.44. The molecule has 2 heteroatoms. The Kier molecular flexibility index (Phi) is 4.95. The van der Waals surface area contributed by atoms with Gasteiger partial charge in [-0.15, -0.1) is 0 Å². The minimum Gasteiger partial charge on any atom is -0.466 e. The summed E-state index contributed by atoms with van der Waals surface area (Å²) < 4.78 is 5.78. The van der Waals surface area contributed by atoms with Gasteiger partial charge in [0.2, 0.25) is 0 Å². The molecule has 2 nitrogen and oxygen atoms in total. The summed E-state index contributed by atoms with van der Waals surface area (Å²) >= 11 is 0. The topological polar surface area (TPSA) is 30.2 Å². The molecule has 0 unspecified atom stereocenters. The highest BCUT2D eigenvalue weighted by Crippen LogP contribution is 2.30. The number of ketones is 1. The van der Waals surface area contributed by atoms with Gasteiger partial charge >= 0.3 is 0 Å². The lowest BCUT2D eigenvalue weighted by atomic mass is 9.87. The van der Waals surface area contributed by atoms with Gasteiger partial charge in [-0.2, -0.15) is 0 Å². The molecule has 0 saturated heterocycles. The number of aryl methyl sites for hydroxylation is 2. The van der Waals surface area contributed by atoms with Crippen molar-refractivity contribution in [3.8, 4) is 0 Å². The van der Waals surface area contributed by atoms with E-state index in [1.807, 2.05) is 25.1 Å². The van der Waals surface area contributed by atoms with E-state index in [0.29, 0.717) is 17.2 Å². The quantitative estimate of drug-likeness (QED) is 0.557. The molecule has 0 aliphatic rings. The Hall–Kier alpha value is -2.61. The number of carbonyl (C=O) groups excluding carboxylic acids is 1. The van der Waals surface area contributed by atoms with Crippen LogP contribution in [0.25, 0.3) is 0 Å². The Morgan fingerprint density at radius 1 is 0.958 bits per heavy atom. The van der Waals surface area contributed by atoms with Crippen molar-refractivity contribution in [2.24, 2.45) is 0 Å². The van der Waals surface area contributed by atoms with Crippen LogP contribution in [0.15, 0.2) is 71.1 Å². The van der Waals surface area contributed by atoms with Crippen LogP contribution in [0.1, 0.15) is 52.3 Å². The van der Waals surface area contributed by atoms with E-state index in [2.05, 4.69) is 48.5 Å². The molecule has 3 aromatic rings. The number of carbonyl (C=O) groups is 1. The van der Waals surface area contributed by atoms with Crippen LogP contribution >= 0.6 is 0 Å². The largest absolute Gasteiger partial charge is 0.466 e. The van der Waals surface area contributed by atoms with Gasteiger partial charge in [-0.3, -0.25) is 4.79 Å². The van der Waals surface area contributed by atoms with Crippen LogP contribution in [0, 0.1) is 6.92 Å². The fraction of sp³-hybridized carbons (Fsp3) is 0.227. The molecule has 1 aromatic heterocycles. The lowest BCUT2D eigenvalue weighted by Gasteiger charge is -2.17. The second kappa shape index (κ2) is 7.31. The molecule has 0 saturated carbocycles. The van der Waals surface area contributed by atoms with Crippen molar-refractivity contribution in [3.63, 3.8) is 0 Å². The summed E-state index contributed by atoms with van der Waals surface area (Å²) in [4.78, 5) is 11.6. The van der Waals surface area contributed by atoms with Crippen LogP contribution in [0.5, 0.6) is 0 Å². The van der Waals surface area contributed by atoms with Gasteiger partial charge < -0.3 is 4.42 Å². The molecule has 0 amide bonds. The molecule has 3 rings (SSSR count). The molecule has 122 valence electrons. The van der Waals surface area contributed by atoms with E-state index in [1.54, 1.807) is 6.92 Å². The number of furan rings is 1. The average Bonchev–Trinajstić information content (AvgIpc) is 2.98. The minimum absolute atomic E-state index is 0.0603. The highest BCUT2D eigenvalue weighted by Gasteiger charge is 2.16. The molecule has 0 spiro atoms. The van der Waals surface area contributed by atoms with Crippen molar-refractivity contribution < 1.29 is 9.21 Å². The van der Waals surface area contributed by atoms with Gasteiger partial charge in [-0.25, -0.2) is 0 Å². The third-order valence-electron chi connectivity index (χ3n) is 4.43. The van der Waals surface area contributed by atoms with E-state index in [1.165, 1.54) is 11.1 Å². The van der Waals surface area contributed by atoms with Gasteiger partial charge in [0.25, 0.3) is 0 Å². The van der Waals surface area contributed by atoms with Crippen molar-refractivity contribution in [2.45, 2.75) is 32.6 Å². The maximum Gasteiger partial charge on any atom is 0.163 e. The molecule has 2 aromatic carbocycles. The zero-order valence-electron chi connectivity index (χ0n) is 14.2. The first kappa shape index (κ1) is 16.3. The number of Topliss-reactive ketones (excluding diaryl/α,β-unsaturated/α-hetero) is 1. The lowest BCUT2D eigenvalue weighted by Crippen LogP contribution is -2.02. The predicted molar refractivity (Wildman–Crippen MR) is 96.5 cm³/mol. The number of hydrogen-bond donors (Lipinski definition) is 0. The third kappa shape index (κ3) is 3.65. The Morgan fingerprint density at radius 3 is 1.96 bits per heavy atom. The van der Waals surface area contributed by atoms with Crippen LogP contribution < -0.4 is 0 Å². The Bertz CT molecular complexity index is 761. The SMILES string of the molecule is CC(=O)c1cc(CCC(c2ccccc2)c2ccccc2)oc1C. The van der Waals surface area contributed by atoms with Crippen LogP contribution in [-0.2, 0) is 6.42 Å². The van der Waals surface area contributed by atoms with E-state index in [4.69, 9.17) is 4.42 Å². The molecular weight excluding hydrogens is 296 g/mol. The Balaban J connectivity index is 1.83. The van der Waals surface area contributed by atoms with E-state index >= 15 is 0 Å². The normalized spacial score (nSPS) is 11.0. The fourth-order valence-electron chi connectivity index (χ4n) is 3.20. The van der Waals surface area contributed by atoms with Gasteiger partial charge in [-0.1, -0.05) is 60.7 Å². The van der Waals surface area contributed by atoms with Gasteiger partial charge in [0.1, 0.15) is 11.5 Å². The summed E-state index contributed by atoms with van der Waals surface area (Å²) in [5, 5.41) is 0. The summed E-state index contributed by atoms with van der Waals surface area (Å²) in [5.74, 6) is 1.98. The molecule has 1 heterocycles. The zero-order chi connectivity index (χ0) is 16.9. The molecule has 0 aliphatic carbocycles. The number of rotatable bonds is 6. The molecule has 0 atom stereocenters. The lowest BCUT2D eigenvalue weighted by molar-refractivity contribution is 0.101. The van der Waals surface area contributed by atoms with Crippen LogP contribution in [0.3, 0.4) is 0 Å². The maximum atomic E-state index is 11.6. The summed E-state index contributed by atoms with van der Waals surface area (Å²) in [5.41, 5.74) is 3.30. The van der Waals surface area contributed by atoms with E-state index in [-0.39, 0.29) is 5.78 Å². The first-order valence-corrected chi connectivity index (χ1v) is 8.35. The summed E-state index contributed by atoms with van der Waals surface area (Å²) in [6, 6.07) is 23.0. The van der Waals surface area contributed by atoms with Gasteiger partial charge in [0, 0.05) is 12.3 Å². The average molecular weight is 318 g/mol. The minimum atomic E-state index is 0.0603. The van der Waals surface area contributed by atoms with Crippen molar-refractivity contribution in [1.29, 1.82) is 0 Å². The second-order valence-electron chi connectivity index (χ2n) is 6.15. The van der Waals surface area contributed by atoms with E-state index in [0.717, 1.165) is 18.6 Å².